The molecule has 0 unspecified atom stereocenters. The van der Waals surface area contributed by atoms with Gasteiger partial charge < -0.3 is 5.32 Å². The van der Waals surface area contributed by atoms with Gasteiger partial charge in [0, 0.05) is 6.04 Å². The zero-order chi connectivity index (χ0) is 15.5. The van der Waals surface area contributed by atoms with Gasteiger partial charge >= 0.3 is 6.18 Å². The molecule has 6 heteroatoms. The third-order valence-corrected chi connectivity index (χ3v) is 3.75. The van der Waals surface area contributed by atoms with Gasteiger partial charge in [-0.25, -0.2) is 0 Å². The second kappa shape index (κ2) is 6.47. The van der Waals surface area contributed by atoms with Crippen LogP contribution in [0, 0.1) is 0 Å². The van der Waals surface area contributed by atoms with E-state index in [4.69, 9.17) is 0 Å². The van der Waals surface area contributed by atoms with Gasteiger partial charge in [0.25, 0.3) is 0 Å². The van der Waals surface area contributed by atoms with E-state index in [1.807, 2.05) is 28.4 Å². The molecular formula is C15H19F3N2O. The highest BCUT2D eigenvalue weighted by atomic mass is 19.4. The van der Waals surface area contributed by atoms with Crippen LogP contribution in [0.5, 0.6) is 0 Å². The Hall–Kier alpha value is -1.56. The molecule has 0 radical (unpaired) electrons. The lowest BCUT2D eigenvalue weighted by atomic mass is 9.87. The molecule has 1 aromatic rings. The normalized spacial score (nSPS) is 18.4. The van der Waals surface area contributed by atoms with Crippen molar-refractivity contribution >= 4 is 5.91 Å². The molecule has 3 nitrogen and oxygen atoms in total. The van der Waals surface area contributed by atoms with Crippen LogP contribution in [-0.4, -0.2) is 37.1 Å². The molecule has 1 amide bonds. The van der Waals surface area contributed by atoms with Crippen molar-refractivity contribution in [2.75, 3.05) is 20.1 Å². The van der Waals surface area contributed by atoms with E-state index in [1.165, 1.54) is 11.1 Å². The van der Waals surface area contributed by atoms with Crippen LogP contribution < -0.4 is 5.32 Å². The van der Waals surface area contributed by atoms with Crippen LogP contribution >= 0.6 is 0 Å². The number of hydrogen-bond acceptors (Lipinski definition) is 2. The Bertz CT molecular complexity index is 502. The maximum atomic E-state index is 12.1. The number of fused-ring (bicyclic) bond motifs is 1. The molecule has 0 spiro atoms. The number of likely N-dealkylation sites (N-methyl/N-ethyl adjacent to an activating group) is 1. The van der Waals surface area contributed by atoms with E-state index in [-0.39, 0.29) is 12.6 Å². The zero-order valence-corrected chi connectivity index (χ0v) is 11.9. The summed E-state index contributed by atoms with van der Waals surface area (Å²) in [5, 5.41) is 1.91. The molecule has 0 bridgehead atoms. The highest BCUT2D eigenvalue weighted by Gasteiger charge is 2.29. The number of nitrogens with zero attached hydrogens (tertiary/aromatic N) is 1. The number of carbonyl (C=O) groups is 1. The summed E-state index contributed by atoms with van der Waals surface area (Å²) in [6.07, 6.45) is -1.41. The molecule has 0 saturated carbocycles. The minimum atomic E-state index is -4.37. The van der Waals surface area contributed by atoms with Crippen molar-refractivity contribution in [2.24, 2.45) is 0 Å². The Kier molecular flexibility index (Phi) is 4.88. The number of alkyl halides is 3. The van der Waals surface area contributed by atoms with E-state index in [9.17, 15) is 18.0 Å². The maximum Gasteiger partial charge on any atom is 0.405 e. The van der Waals surface area contributed by atoms with Crippen molar-refractivity contribution in [2.45, 2.75) is 31.5 Å². The van der Waals surface area contributed by atoms with Crippen molar-refractivity contribution in [1.82, 2.24) is 10.2 Å². The number of hydrogen-bond donors (Lipinski definition) is 1. The van der Waals surface area contributed by atoms with Gasteiger partial charge in [-0.2, -0.15) is 13.2 Å². The molecule has 1 aliphatic rings. The van der Waals surface area contributed by atoms with Crippen LogP contribution in [0.1, 0.15) is 30.0 Å². The molecule has 1 atom stereocenters. The van der Waals surface area contributed by atoms with Crippen molar-refractivity contribution in [3.63, 3.8) is 0 Å². The first-order valence-electron chi connectivity index (χ1n) is 6.98. The molecule has 0 aliphatic heterocycles. The number of carbonyl (C=O) groups excluding carboxylic acids is 1. The summed E-state index contributed by atoms with van der Waals surface area (Å²) in [6, 6.07) is 8.13. The summed E-state index contributed by atoms with van der Waals surface area (Å²) in [5.74, 6) is -0.599. The van der Waals surface area contributed by atoms with Crippen LogP contribution in [0.4, 0.5) is 13.2 Å². The molecule has 1 aromatic carbocycles. The number of amides is 1. The quantitative estimate of drug-likeness (QED) is 0.927. The monoisotopic (exact) mass is 300 g/mol. The van der Waals surface area contributed by atoms with E-state index in [2.05, 4.69) is 6.07 Å². The Morgan fingerprint density at radius 3 is 2.81 bits per heavy atom. The van der Waals surface area contributed by atoms with Crippen LogP contribution in [0.25, 0.3) is 0 Å². The van der Waals surface area contributed by atoms with Crippen LogP contribution in [0.3, 0.4) is 0 Å². The van der Waals surface area contributed by atoms with Gasteiger partial charge in [-0.1, -0.05) is 24.3 Å². The number of aryl methyl sites for hydroxylation is 1. The topological polar surface area (TPSA) is 32.3 Å². The van der Waals surface area contributed by atoms with Crippen molar-refractivity contribution in [3.05, 3.63) is 35.4 Å². The minimum absolute atomic E-state index is 0.0327. The predicted octanol–water partition coefficient (Wildman–Crippen LogP) is 2.67. The SMILES string of the molecule is CN(CC(=O)NCC(F)(F)F)[C@H]1CCCc2ccccc21. The Labute approximate surface area is 122 Å². The number of halogens is 3. The lowest BCUT2D eigenvalue weighted by Crippen LogP contribution is -2.41. The fraction of sp³-hybridized carbons (Fsp3) is 0.533. The molecular weight excluding hydrogens is 281 g/mol. The molecule has 0 heterocycles. The second-order valence-electron chi connectivity index (χ2n) is 5.41. The van der Waals surface area contributed by atoms with E-state index >= 15 is 0 Å². The van der Waals surface area contributed by atoms with Crippen molar-refractivity contribution in [3.8, 4) is 0 Å². The smallest absolute Gasteiger partial charge is 0.346 e. The van der Waals surface area contributed by atoms with Gasteiger partial charge in [0.05, 0.1) is 6.54 Å². The average Bonchev–Trinajstić information content (AvgIpc) is 2.43. The van der Waals surface area contributed by atoms with Gasteiger partial charge in [0.1, 0.15) is 6.54 Å². The van der Waals surface area contributed by atoms with Crippen LogP contribution in [-0.2, 0) is 11.2 Å². The maximum absolute atomic E-state index is 12.1. The standard InChI is InChI=1S/C15H19F3N2O/c1-20(9-14(21)19-10-15(16,17)18)13-8-4-6-11-5-2-3-7-12(11)13/h2-3,5,7,13H,4,6,8-10H2,1H3,(H,19,21)/t13-/m0/s1. The van der Waals surface area contributed by atoms with Crippen molar-refractivity contribution in [1.29, 1.82) is 0 Å². The van der Waals surface area contributed by atoms with E-state index < -0.39 is 18.6 Å². The molecule has 0 fully saturated rings. The first kappa shape index (κ1) is 15.8. The number of rotatable bonds is 4. The average molecular weight is 300 g/mol. The minimum Gasteiger partial charge on any atom is -0.346 e. The zero-order valence-electron chi connectivity index (χ0n) is 11.9. The lowest BCUT2D eigenvalue weighted by Gasteiger charge is -2.32. The van der Waals surface area contributed by atoms with E-state index in [1.54, 1.807) is 7.05 Å². The predicted molar refractivity (Wildman–Crippen MR) is 73.8 cm³/mol. The van der Waals surface area contributed by atoms with Gasteiger partial charge in [-0.3, -0.25) is 9.69 Å². The first-order valence-corrected chi connectivity index (χ1v) is 6.98. The largest absolute Gasteiger partial charge is 0.405 e. The van der Waals surface area contributed by atoms with Crippen molar-refractivity contribution < 1.29 is 18.0 Å². The highest BCUT2D eigenvalue weighted by Crippen LogP contribution is 2.33. The fourth-order valence-electron chi connectivity index (χ4n) is 2.78. The summed E-state index contributed by atoms with van der Waals surface area (Å²) < 4.78 is 36.2. The summed E-state index contributed by atoms with van der Waals surface area (Å²) in [5.41, 5.74) is 2.44. The fourth-order valence-corrected chi connectivity index (χ4v) is 2.78. The number of benzene rings is 1. The first-order chi connectivity index (χ1) is 9.87. The summed E-state index contributed by atoms with van der Waals surface area (Å²) in [4.78, 5) is 13.4. The van der Waals surface area contributed by atoms with Gasteiger partial charge in [-0.15, -0.1) is 0 Å². The van der Waals surface area contributed by atoms with Gasteiger partial charge in [0.2, 0.25) is 5.91 Å². The molecule has 21 heavy (non-hydrogen) atoms. The Balaban J connectivity index is 1.95. The summed E-state index contributed by atoms with van der Waals surface area (Å²) in [6.45, 7) is -1.31. The molecule has 2 rings (SSSR count). The molecule has 1 aliphatic carbocycles. The Morgan fingerprint density at radius 1 is 1.38 bits per heavy atom. The van der Waals surface area contributed by atoms with Crippen LogP contribution in [0.15, 0.2) is 24.3 Å². The molecule has 1 N–H and O–H groups in total. The third kappa shape index (κ3) is 4.46. The Morgan fingerprint density at radius 2 is 2.10 bits per heavy atom. The summed E-state index contributed by atoms with van der Waals surface area (Å²) in [7, 11) is 1.78. The van der Waals surface area contributed by atoms with Gasteiger partial charge in [0.15, 0.2) is 0 Å². The summed E-state index contributed by atoms with van der Waals surface area (Å²) >= 11 is 0. The molecule has 0 saturated heterocycles. The van der Waals surface area contributed by atoms with Crippen LogP contribution in [0.2, 0.25) is 0 Å². The van der Waals surface area contributed by atoms with E-state index in [0.29, 0.717) is 0 Å². The molecule has 0 aromatic heterocycles. The van der Waals surface area contributed by atoms with E-state index in [0.717, 1.165) is 19.3 Å². The lowest BCUT2D eigenvalue weighted by molar-refractivity contribution is -0.139. The second-order valence-corrected chi connectivity index (χ2v) is 5.41. The number of nitrogens with one attached hydrogen (secondary N) is 1. The molecule has 116 valence electrons. The van der Waals surface area contributed by atoms with Gasteiger partial charge in [-0.05, 0) is 37.4 Å². The highest BCUT2D eigenvalue weighted by molar-refractivity contribution is 5.78. The third-order valence-electron chi connectivity index (χ3n) is 3.75.